The van der Waals surface area contributed by atoms with E-state index in [2.05, 4.69) is 15.5 Å². The lowest BCUT2D eigenvalue weighted by atomic mass is 10.1. The van der Waals surface area contributed by atoms with Gasteiger partial charge in [0.05, 0.1) is 25.5 Å². The number of furan rings is 1. The first-order chi connectivity index (χ1) is 13.7. The van der Waals surface area contributed by atoms with Gasteiger partial charge in [0.15, 0.2) is 5.76 Å². The van der Waals surface area contributed by atoms with Crippen LogP contribution in [-0.4, -0.2) is 23.2 Å². The van der Waals surface area contributed by atoms with Gasteiger partial charge in [-0.25, -0.2) is 0 Å². The van der Waals surface area contributed by atoms with Crippen molar-refractivity contribution in [3.63, 3.8) is 0 Å². The second kappa shape index (κ2) is 7.84. The molecule has 0 fully saturated rings. The number of rotatable bonds is 6. The Balaban J connectivity index is 1.63. The Hall–Kier alpha value is -3.80. The Morgan fingerprint density at radius 1 is 1.07 bits per heavy atom. The molecule has 2 N–H and O–H groups in total. The van der Waals surface area contributed by atoms with E-state index in [0.29, 0.717) is 22.8 Å². The molecular formula is C22H19N3O3. The number of ether oxygens (including phenoxy) is 1. The maximum absolute atomic E-state index is 12.7. The third-order valence-corrected chi connectivity index (χ3v) is 4.37. The number of hydrogen-bond acceptors (Lipinski definition) is 4. The van der Waals surface area contributed by atoms with Crippen LogP contribution in [0.2, 0.25) is 0 Å². The predicted octanol–water partition coefficient (Wildman–Crippen LogP) is 4.53. The van der Waals surface area contributed by atoms with Crippen LogP contribution in [0.5, 0.6) is 5.75 Å². The van der Waals surface area contributed by atoms with Crippen molar-refractivity contribution in [2.75, 3.05) is 12.4 Å². The van der Waals surface area contributed by atoms with Gasteiger partial charge < -0.3 is 14.5 Å². The largest absolute Gasteiger partial charge is 0.497 e. The smallest absolute Gasteiger partial charge is 0.228 e. The molecule has 4 aromatic rings. The minimum Gasteiger partial charge on any atom is -0.497 e. The van der Waals surface area contributed by atoms with Crippen LogP contribution in [-0.2, 0) is 11.2 Å². The number of nitrogens with one attached hydrogen (secondary N) is 2. The van der Waals surface area contributed by atoms with E-state index >= 15 is 0 Å². The van der Waals surface area contributed by atoms with E-state index in [9.17, 15) is 4.79 Å². The number of aromatic amines is 1. The third-order valence-electron chi connectivity index (χ3n) is 4.37. The Morgan fingerprint density at radius 2 is 1.86 bits per heavy atom. The molecule has 0 saturated carbocycles. The van der Waals surface area contributed by atoms with Crippen molar-refractivity contribution >= 4 is 11.6 Å². The van der Waals surface area contributed by atoms with E-state index in [0.717, 1.165) is 16.9 Å². The standard InChI is InChI=1S/C22H19N3O3/c1-27-17-11-9-15(10-12-17)14-19(26)23-22-20(16-6-3-2-4-7-16)24-25-21(22)18-8-5-13-28-18/h2-13H,14H2,1H3,(H,23,26)(H,24,25). The first-order valence-corrected chi connectivity index (χ1v) is 8.85. The molecule has 4 rings (SSSR count). The molecule has 0 aliphatic heterocycles. The van der Waals surface area contributed by atoms with Crippen molar-refractivity contribution in [2.24, 2.45) is 0 Å². The van der Waals surface area contributed by atoms with Crippen molar-refractivity contribution in [2.45, 2.75) is 6.42 Å². The zero-order chi connectivity index (χ0) is 19.3. The Kier molecular flexibility index (Phi) is 4.93. The van der Waals surface area contributed by atoms with Gasteiger partial charge in [0.2, 0.25) is 5.91 Å². The fourth-order valence-corrected chi connectivity index (χ4v) is 2.98. The molecule has 0 saturated heterocycles. The number of hydrogen-bond donors (Lipinski definition) is 2. The molecule has 2 aromatic carbocycles. The molecule has 0 aliphatic rings. The van der Waals surface area contributed by atoms with E-state index in [1.165, 1.54) is 0 Å². The number of benzene rings is 2. The summed E-state index contributed by atoms with van der Waals surface area (Å²) in [5.74, 6) is 1.22. The van der Waals surface area contributed by atoms with Crippen molar-refractivity contribution < 1.29 is 13.9 Å². The van der Waals surface area contributed by atoms with Gasteiger partial charge in [-0.3, -0.25) is 9.89 Å². The first-order valence-electron chi connectivity index (χ1n) is 8.85. The van der Waals surface area contributed by atoms with Crippen LogP contribution >= 0.6 is 0 Å². The van der Waals surface area contributed by atoms with Gasteiger partial charge in [0.25, 0.3) is 0 Å². The van der Waals surface area contributed by atoms with Crippen LogP contribution in [0.3, 0.4) is 0 Å². The Bertz CT molecular complexity index is 1050. The van der Waals surface area contributed by atoms with Crippen LogP contribution in [0.1, 0.15) is 5.56 Å². The third kappa shape index (κ3) is 3.66. The second-order valence-electron chi connectivity index (χ2n) is 6.24. The summed E-state index contributed by atoms with van der Waals surface area (Å²) in [6.07, 6.45) is 1.82. The highest BCUT2D eigenvalue weighted by molar-refractivity contribution is 6.00. The van der Waals surface area contributed by atoms with Crippen molar-refractivity contribution in [1.29, 1.82) is 0 Å². The zero-order valence-electron chi connectivity index (χ0n) is 15.3. The summed E-state index contributed by atoms with van der Waals surface area (Å²) in [5, 5.41) is 10.4. The van der Waals surface area contributed by atoms with E-state index in [1.54, 1.807) is 19.4 Å². The number of aromatic nitrogens is 2. The van der Waals surface area contributed by atoms with E-state index < -0.39 is 0 Å². The molecule has 140 valence electrons. The Labute approximate surface area is 162 Å². The number of carbonyl (C=O) groups is 1. The van der Waals surface area contributed by atoms with Gasteiger partial charge in [-0.05, 0) is 29.8 Å². The van der Waals surface area contributed by atoms with E-state index in [4.69, 9.17) is 9.15 Å². The molecule has 0 atom stereocenters. The van der Waals surface area contributed by atoms with Crippen LogP contribution in [0.15, 0.2) is 77.4 Å². The number of methoxy groups -OCH3 is 1. The molecule has 2 aromatic heterocycles. The van der Waals surface area contributed by atoms with Gasteiger partial charge in [-0.1, -0.05) is 42.5 Å². The summed E-state index contributed by atoms with van der Waals surface area (Å²) < 4.78 is 10.7. The zero-order valence-corrected chi connectivity index (χ0v) is 15.3. The lowest BCUT2D eigenvalue weighted by Gasteiger charge is -2.08. The van der Waals surface area contributed by atoms with Crippen LogP contribution < -0.4 is 10.1 Å². The fourth-order valence-electron chi connectivity index (χ4n) is 2.98. The summed E-state index contributed by atoms with van der Waals surface area (Å²) >= 11 is 0. The summed E-state index contributed by atoms with van der Waals surface area (Å²) in [6, 6.07) is 20.7. The number of carbonyl (C=O) groups excluding carboxylic acids is 1. The molecule has 2 heterocycles. The molecule has 0 bridgehead atoms. The molecule has 0 radical (unpaired) electrons. The molecule has 0 unspecified atom stereocenters. The van der Waals surface area contributed by atoms with Crippen molar-refractivity contribution in [1.82, 2.24) is 10.2 Å². The topological polar surface area (TPSA) is 80.1 Å². The molecule has 0 aliphatic carbocycles. The summed E-state index contributed by atoms with van der Waals surface area (Å²) in [7, 11) is 1.61. The SMILES string of the molecule is COc1ccc(CC(=O)Nc2c(-c3ccccc3)n[nH]c2-c2ccco2)cc1. The van der Waals surface area contributed by atoms with Gasteiger partial charge >= 0.3 is 0 Å². The average Bonchev–Trinajstić information content (AvgIpc) is 3.39. The molecular weight excluding hydrogens is 354 g/mol. The van der Waals surface area contributed by atoms with Crippen LogP contribution in [0, 0.1) is 0 Å². The van der Waals surface area contributed by atoms with Crippen molar-refractivity contribution in [3.8, 4) is 28.5 Å². The minimum absolute atomic E-state index is 0.142. The second-order valence-corrected chi connectivity index (χ2v) is 6.24. The van der Waals surface area contributed by atoms with E-state index in [1.807, 2.05) is 60.7 Å². The minimum atomic E-state index is -0.142. The first kappa shape index (κ1) is 17.6. The predicted molar refractivity (Wildman–Crippen MR) is 107 cm³/mol. The van der Waals surface area contributed by atoms with Crippen LogP contribution in [0.4, 0.5) is 5.69 Å². The highest BCUT2D eigenvalue weighted by atomic mass is 16.5. The monoisotopic (exact) mass is 373 g/mol. The van der Waals surface area contributed by atoms with Gasteiger partial charge in [-0.15, -0.1) is 0 Å². The average molecular weight is 373 g/mol. The van der Waals surface area contributed by atoms with Gasteiger partial charge in [-0.2, -0.15) is 5.10 Å². The van der Waals surface area contributed by atoms with Gasteiger partial charge in [0.1, 0.15) is 17.1 Å². The molecule has 6 heteroatoms. The molecule has 1 amide bonds. The number of nitrogens with zero attached hydrogens (tertiary/aromatic N) is 1. The normalized spacial score (nSPS) is 10.6. The quantitative estimate of drug-likeness (QED) is 0.520. The highest BCUT2D eigenvalue weighted by Crippen LogP contribution is 2.35. The number of H-pyrrole nitrogens is 1. The van der Waals surface area contributed by atoms with E-state index in [-0.39, 0.29) is 12.3 Å². The molecule has 28 heavy (non-hydrogen) atoms. The molecule has 0 spiro atoms. The summed E-state index contributed by atoms with van der Waals surface area (Å²) in [5.41, 5.74) is 3.68. The maximum atomic E-state index is 12.7. The lowest BCUT2D eigenvalue weighted by Crippen LogP contribution is -2.15. The highest BCUT2D eigenvalue weighted by Gasteiger charge is 2.20. The summed E-state index contributed by atoms with van der Waals surface area (Å²) in [4.78, 5) is 12.7. The number of amides is 1. The summed E-state index contributed by atoms with van der Waals surface area (Å²) in [6.45, 7) is 0. The Morgan fingerprint density at radius 3 is 2.54 bits per heavy atom. The fraction of sp³-hybridized carbons (Fsp3) is 0.0909. The van der Waals surface area contributed by atoms with Crippen molar-refractivity contribution in [3.05, 3.63) is 78.6 Å². The lowest BCUT2D eigenvalue weighted by molar-refractivity contribution is -0.115. The maximum Gasteiger partial charge on any atom is 0.228 e. The molecule has 6 nitrogen and oxygen atoms in total. The van der Waals surface area contributed by atoms with Crippen LogP contribution in [0.25, 0.3) is 22.7 Å². The van der Waals surface area contributed by atoms with Gasteiger partial charge in [0, 0.05) is 5.56 Å². The number of anilines is 1.